The number of aliphatic hydroxyl groups is 1. The third-order valence-corrected chi connectivity index (χ3v) is 4.57. The van der Waals surface area contributed by atoms with Crippen molar-refractivity contribution < 1.29 is 9.52 Å². The highest BCUT2D eigenvalue weighted by Gasteiger charge is 2.18. The van der Waals surface area contributed by atoms with Crippen molar-refractivity contribution in [3.63, 3.8) is 0 Å². The number of furan rings is 1. The zero-order valence-electron chi connectivity index (χ0n) is 15.6. The number of anilines is 1. The van der Waals surface area contributed by atoms with Crippen molar-refractivity contribution in [3.05, 3.63) is 47.2 Å². The minimum Gasteiger partial charge on any atom is -0.431 e. The summed E-state index contributed by atoms with van der Waals surface area (Å²) in [4.78, 5) is 13.0. The van der Waals surface area contributed by atoms with Gasteiger partial charge in [0.15, 0.2) is 11.4 Å². The van der Waals surface area contributed by atoms with Crippen LogP contribution in [-0.2, 0) is 12.1 Å². The quantitative estimate of drug-likeness (QED) is 0.569. The summed E-state index contributed by atoms with van der Waals surface area (Å²) in [5.74, 6) is 0.585. The molecule has 0 atom stereocenters. The van der Waals surface area contributed by atoms with E-state index in [1.807, 2.05) is 26.0 Å². The summed E-state index contributed by atoms with van der Waals surface area (Å²) in [6.07, 6.45) is 3.24. The molecule has 0 saturated heterocycles. The van der Waals surface area contributed by atoms with Crippen molar-refractivity contribution >= 4 is 28.0 Å². The van der Waals surface area contributed by atoms with E-state index in [9.17, 15) is 5.11 Å². The van der Waals surface area contributed by atoms with Crippen molar-refractivity contribution in [1.82, 2.24) is 25.1 Å². The number of hydrogen-bond acceptors (Lipinski definition) is 8. The number of aryl methyl sites for hydroxylation is 2. The summed E-state index contributed by atoms with van der Waals surface area (Å²) >= 11 is 0. The largest absolute Gasteiger partial charge is 0.431 e. The Labute approximate surface area is 155 Å². The highest BCUT2D eigenvalue weighted by molar-refractivity contribution is 6.05. The predicted molar refractivity (Wildman–Crippen MR) is 101 cm³/mol. The minimum atomic E-state index is -0.962. The van der Waals surface area contributed by atoms with Gasteiger partial charge in [-0.2, -0.15) is 5.10 Å². The fourth-order valence-corrected chi connectivity index (χ4v) is 2.88. The molecule has 0 unspecified atom stereocenters. The molecule has 8 heteroatoms. The molecule has 0 radical (unpaired) electrons. The van der Waals surface area contributed by atoms with Crippen LogP contribution in [0.25, 0.3) is 22.2 Å². The summed E-state index contributed by atoms with van der Waals surface area (Å²) < 4.78 is 5.86. The van der Waals surface area contributed by atoms with Gasteiger partial charge in [0.05, 0.1) is 16.8 Å². The van der Waals surface area contributed by atoms with Crippen molar-refractivity contribution in [1.29, 1.82) is 0 Å². The second-order valence-electron chi connectivity index (χ2n) is 7.06. The molecule has 0 bridgehead atoms. The van der Waals surface area contributed by atoms with Crippen molar-refractivity contribution in [2.45, 2.75) is 39.8 Å². The SMILES string of the molecule is Cc1nnc2oc3c(NCc4ccc(C(C)(C)O)nc4)ncnc3c2c1C. The highest BCUT2D eigenvalue weighted by Crippen LogP contribution is 2.32. The van der Waals surface area contributed by atoms with Gasteiger partial charge >= 0.3 is 0 Å². The van der Waals surface area contributed by atoms with Gasteiger partial charge in [-0.3, -0.25) is 4.98 Å². The molecule has 27 heavy (non-hydrogen) atoms. The number of hydrogen-bond donors (Lipinski definition) is 2. The van der Waals surface area contributed by atoms with E-state index in [-0.39, 0.29) is 0 Å². The van der Waals surface area contributed by atoms with Crippen LogP contribution in [0.15, 0.2) is 29.1 Å². The molecule has 0 fully saturated rings. The second kappa shape index (κ2) is 6.24. The Morgan fingerprint density at radius 2 is 1.93 bits per heavy atom. The van der Waals surface area contributed by atoms with Crippen molar-refractivity contribution in [3.8, 4) is 0 Å². The van der Waals surface area contributed by atoms with Crippen LogP contribution >= 0.6 is 0 Å². The molecule has 4 heterocycles. The molecule has 8 nitrogen and oxygen atoms in total. The minimum absolute atomic E-state index is 0.452. The zero-order valence-corrected chi connectivity index (χ0v) is 15.6. The lowest BCUT2D eigenvalue weighted by Crippen LogP contribution is -2.17. The average molecular weight is 364 g/mol. The van der Waals surface area contributed by atoms with E-state index >= 15 is 0 Å². The molecule has 2 N–H and O–H groups in total. The van der Waals surface area contributed by atoms with Gasteiger partial charge in [0.25, 0.3) is 0 Å². The van der Waals surface area contributed by atoms with E-state index in [2.05, 4.69) is 30.5 Å². The van der Waals surface area contributed by atoms with Gasteiger partial charge in [0.2, 0.25) is 5.71 Å². The Balaban J connectivity index is 1.66. The van der Waals surface area contributed by atoms with E-state index in [1.54, 1.807) is 20.0 Å². The van der Waals surface area contributed by atoms with Crippen LogP contribution in [0.3, 0.4) is 0 Å². The second-order valence-corrected chi connectivity index (χ2v) is 7.06. The van der Waals surface area contributed by atoms with Gasteiger partial charge in [0, 0.05) is 12.7 Å². The number of rotatable bonds is 4. The molecule has 4 aromatic heterocycles. The Morgan fingerprint density at radius 1 is 1.11 bits per heavy atom. The molecule has 4 rings (SSSR count). The van der Waals surface area contributed by atoms with Gasteiger partial charge < -0.3 is 14.8 Å². The van der Waals surface area contributed by atoms with Gasteiger partial charge in [-0.15, -0.1) is 5.10 Å². The lowest BCUT2D eigenvalue weighted by atomic mass is 10.0. The maximum Gasteiger partial charge on any atom is 0.249 e. The van der Waals surface area contributed by atoms with Gasteiger partial charge in [0.1, 0.15) is 17.4 Å². The van der Waals surface area contributed by atoms with Crippen LogP contribution in [0.4, 0.5) is 5.82 Å². The standard InChI is InChI=1S/C19H20N6O2/c1-10-11(2)24-25-18-14(10)15-16(27-18)17(23-9-22-15)21-8-12-5-6-13(20-7-12)19(3,4)26/h5-7,9,26H,8H2,1-4H3,(H,21,22,23). The number of pyridine rings is 1. The molecule has 4 aromatic rings. The molecule has 138 valence electrons. The Hall–Kier alpha value is -3.13. The third kappa shape index (κ3) is 3.08. The van der Waals surface area contributed by atoms with E-state index in [4.69, 9.17) is 4.42 Å². The average Bonchev–Trinajstić information content (AvgIpc) is 3.02. The summed E-state index contributed by atoms with van der Waals surface area (Å²) in [6.45, 7) is 7.81. The lowest BCUT2D eigenvalue weighted by molar-refractivity contribution is 0.0738. The monoisotopic (exact) mass is 364 g/mol. The molecule has 0 saturated carbocycles. The summed E-state index contributed by atoms with van der Waals surface area (Å²) in [7, 11) is 0. The predicted octanol–water partition coefficient (Wildman–Crippen LogP) is 3.02. The summed E-state index contributed by atoms with van der Waals surface area (Å²) in [5.41, 5.74) is 4.18. The topological polar surface area (TPSA) is 110 Å². The van der Waals surface area contributed by atoms with Crippen LogP contribution in [0.5, 0.6) is 0 Å². The molecule has 0 aromatic carbocycles. The van der Waals surface area contributed by atoms with E-state index < -0.39 is 5.60 Å². The molecule has 0 amide bonds. The number of nitrogens with zero attached hydrogens (tertiary/aromatic N) is 5. The number of fused-ring (bicyclic) bond motifs is 3. The van der Waals surface area contributed by atoms with E-state index in [1.165, 1.54) is 6.33 Å². The first kappa shape index (κ1) is 17.3. The molecule has 0 aliphatic carbocycles. The van der Waals surface area contributed by atoms with Gasteiger partial charge in [-0.1, -0.05) is 6.07 Å². The molecule has 0 aliphatic rings. The molecule has 0 spiro atoms. The lowest BCUT2D eigenvalue weighted by Gasteiger charge is -2.16. The van der Waals surface area contributed by atoms with Crippen molar-refractivity contribution in [2.24, 2.45) is 0 Å². The fourth-order valence-electron chi connectivity index (χ4n) is 2.88. The number of aromatic nitrogens is 5. The number of nitrogens with one attached hydrogen (secondary N) is 1. The normalized spacial score (nSPS) is 12.0. The molecule has 0 aliphatic heterocycles. The van der Waals surface area contributed by atoms with E-state index in [0.29, 0.717) is 34.9 Å². The molecular weight excluding hydrogens is 344 g/mol. The van der Waals surface area contributed by atoms with Crippen LogP contribution in [-0.4, -0.2) is 30.3 Å². The first-order valence-corrected chi connectivity index (χ1v) is 8.63. The van der Waals surface area contributed by atoms with E-state index in [0.717, 1.165) is 22.2 Å². The summed E-state index contributed by atoms with van der Waals surface area (Å²) in [6, 6.07) is 3.73. The zero-order chi connectivity index (χ0) is 19.2. The Morgan fingerprint density at radius 3 is 2.63 bits per heavy atom. The van der Waals surface area contributed by atoms with Crippen LogP contribution < -0.4 is 5.32 Å². The maximum absolute atomic E-state index is 10.00. The fraction of sp³-hybridized carbons (Fsp3) is 0.316. The van der Waals surface area contributed by atoms with Crippen molar-refractivity contribution in [2.75, 3.05) is 5.32 Å². The van der Waals surface area contributed by atoms with Crippen LogP contribution in [0.1, 0.15) is 36.4 Å². The highest BCUT2D eigenvalue weighted by atomic mass is 16.3. The van der Waals surface area contributed by atoms with Crippen LogP contribution in [0.2, 0.25) is 0 Å². The molecular formula is C19H20N6O2. The van der Waals surface area contributed by atoms with Gasteiger partial charge in [-0.05, 0) is 44.9 Å². The summed E-state index contributed by atoms with van der Waals surface area (Å²) in [5, 5.41) is 22.4. The first-order chi connectivity index (χ1) is 12.8. The van der Waals surface area contributed by atoms with Gasteiger partial charge in [-0.25, -0.2) is 9.97 Å². The maximum atomic E-state index is 10.00. The smallest absolute Gasteiger partial charge is 0.249 e. The first-order valence-electron chi connectivity index (χ1n) is 8.63. The Kier molecular flexibility index (Phi) is 4.00. The Bertz CT molecular complexity index is 1130. The third-order valence-electron chi connectivity index (χ3n) is 4.57. The van der Waals surface area contributed by atoms with Crippen LogP contribution in [0, 0.1) is 13.8 Å².